The largest absolute Gasteiger partial charge is 0.476 e. The van der Waals surface area contributed by atoms with Crippen LogP contribution in [0.3, 0.4) is 0 Å². The van der Waals surface area contributed by atoms with Gasteiger partial charge in [0, 0.05) is 29.4 Å². The van der Waals surface area contributed by atoms with E-state index < -0.39 is 11.6 Å². The molecule has 5 heteroatoms. The third-order valence-electron chi connectivity index (χ3n) is 4.23. The lowest BCUT2D eigenvalue weighted by Crippen LogP contribution is -2.39. The minimum Gasteiger partial charge on any atom is -0.476 e. The second-order valence-electron chi connectivity index (χ2n) is 6.96. The summed E-state index contributed by atoms with van der Waals surface area (Å²) in [6.07, 6.45) is 4.02. The number of carbonyl (C=O) groups excluding carboxylic acids is 1. The maximum atomic E-state index is 12.6. The summed E-state index contributed by atoms with van der Waals surface area (Å²) in [7, 11) is 0. The van der Waals surface area contributed by atoms with Crippen LogP contribution in [-0.2, 0) is 22.6 Å². The average Bonchev–Trinajstić information content (AvgIpc) is 2.70. The van der Waals surface area contributed by atoms with Gasteiger partial charge in [-0.05, 0) is 49.2 Å². The Hall–Kier alpha value is -2.85. The van der Waals surface area contributed by atoms with Gasteiger partial charge >= 0.3 is 5.97 Å². The molecule has 0 N–H and O–H groups in total. The van der Waals surface area contributed by atoms with Crippen LogP contribution in [0.2, 0.25) is 5.02 Å². The SMILES string of the molecule is CC(C)(Oc1ccccc1Cc1ccc(Cl)cc1)C(=O)OCc1cccnc1. The Labute approximate surface area is 170 Å². The van der Waals surface area contributed by atoms with Crippen molar-refractivity contribution in [3.63, 3.8) is 0 Å². The summed E-state index contributed by atoms with van der Waals surface area (Å²) in [5.41, 5.74) is 1.79. The van der Waals surface area contributed by atoms with E-state index in [1.807, 2.05) is 54.6 Å². The Morgan fingerprint density at radius 2 is 1.75 bits per heavy atom. The number of pyridine rings is 1. The minimum absolute atomic E-state index is 0.159. The predicted molar refractivity (Wildman–Crippen MR) is 109 cm³/mol. The van der Waals surface area contributed by atoms with Crippen LogP contribution in [0.15, 0.2) is 73.1 Å². The van der Waals surface area contributed by atoms with Gasteiger partial charge in [0.1, 0.15) is 12.4 Å². The second kappa shape index (κ2) is 8.89. The van der Waals surface area contributed by atoms with Crippen molar-refractivity contribution in [2.45, 2.75) is 32.5 Å². The number of hydrogen-bond donors (Lipinski definition) is 0. The zero-order valence-corrected chi connectivity index (χ0v) is 16.6. The summed E-state index contributed by atoms with van der Waals surface area (Å²) in [6, 6.07) is 19.0. The van der Waals surface area contributed by atoms with Gasteiger partial charge in [-0.3, -0.25) is 4.98 Å². The smallest absolute Gasteiger partial charge is 0.350 e. The van der Waals surface area contributed by atoms with Crippen molar-refractivity contribution in [1.29, 1.82) is 0 Å². The summed E-state index contributed by atoms with van der Waals surface area (Å²) in [5, 5.41) is 0.700. The first-order valence-electron chi connectivity index (χ1n) is 9.01. The summed E-state index contributed by atoms with van der Waals surface area (Å²) in [5.74, 6) is 0.221. The van der Waals surface area contributed by atoms with E-state index in [2.05, 4.69) is 4.98 Å². The van der Waals surface area contributed by atoms with Crippen molar-refractivity contribution < 1.29 is 14.3 Å². The Bertz CT molecular complexity index is 924. The Kier molecular flexibility index (Phi) is 6.32. The predicted octanol–water partition coefficient (Wildman–Crippen LogP) is 5.23. The lowest BCUT2D eigenvalue weighted by Gasteiger charge is -2.25. The maximum absolute atomic E-state index is 12.6. The number of rotatable bonds is 7. The molecule has 0 aliphatic heterocycles. The fraction of sp³-hybridized carbons (Fsp3) is 0.217. The molecule has 0 saturated carbocycles. The molecular formula is C23H22ClNO3. The molecule has 144 valence electrons. The molecule has 0 atom stereocenters. The molecular weight excluding hydrogens is 374 g/mol. The number of halogens is 1. The molecule has 0 saturated heterocycles. The molecule has 0 aliphatic rings. The van der Waals surface area contributed by atoms with Gasteiger partial charge in [0.15, 0.2) is 5.60 Å². The first-order valence-corrected chi connectivity index (χ1v) is 9.39. The fourth-order valence-corrected chi connectivity index (χ4v) is 2.82. The fourth-order valence-electron chi connectivity index (χ4n) is 2.69. The highest BCUT2D eigenvalue weighted by Gasteiger charge is 2.32. The van der Waals surface area contributed by atoms with Crippen LogP contribution in [0.4, 0.5) is 0 Å². The van der Waals surface area contributed by atoms with E-state index in [1.165, 1.54) is 0 Å². The van der Waals surface area contributed by atoms with Crippen LogP contribution in [0.5, 0.6) is 5.75 Å². The van der Waals surface area contributed by atoms with Crippen LogP contribution >= 0.6 is 11.6 Å². The van der Waals surface area contributed by atoms with E-state index in [-0.39, 0.29) is 6.61 Å². The summed E-state index contributed by atoms with van der Waals surface area (Å²) < 4.78 is 11.5. The number of nitrogens with zero attached hydrogens (tertiary/aromatic N) is 1. The van der Waals surface area contributed by atoms with Crippen molar-refractivity contribution >= 4 is 17.6 Å². The Morgan fingerprint density at radius 3 is 2.46 bits per heavy atom. The third-order valence-corrected chi connectivity index (χ3v) is 4.48. The number of ether oxygens (including phenoxy) is 2. The normalized spacial score (nSPS) is 11.1. The van der Waals surface area contributed by atoms with Crippen molar-refractivity contribution in [3.8, 4) is 5.75 Å². The first-order chi connectivity index (χ1) is 13.4. The molecule has 0 unspecified atom stereocenters. The van der Waals surface area contributed by atoms with Crippen molar-refractivity contribution in [3.05, 3.63) is 94.8 Å². The number of esters is 1. The minimum atomic E-state index is -1.13. The lowest BCUT2D eigenvalue weighted by molar-refractivity contribution is -0.160. The quantitative estimate of drug-likeness (QED) is 0.514. The molecule has 0 aliphatic carbocycles. The van der Waals surface area contributed by atoms with Crippen LogP contribution in [0.1, 0.15) is 30.5 Å². The van der Waals surface area contributed by atoms with Crippen molar-refractivity contribution in [2.24, 2.45) is 0 Å². The van der Waals surface area contributed by atoms with Gasteiger partial charge in [0.05, 0.1) is 0 Å². The van der Waals surface area contributed by atoms with Crippen LogP contribution in [-0.4, -0.2) is 16.6 Å². The van der Waals surface area contributed by atoms with Crippen LogP contribution in [0.25, 0.3) is 0 Å². The van der Waals surface area contributed by atoms with Gasteiger partial charge in [0.2, 0.25) is 0 Å². The van der Waals surface area contributed by atoms with Gasteiger partial charge in [-0.25, -0.2) is 4.79 Å². The molecule has 1 aromatic heterocycles. The number of aromatic nitrogens is 1. The number of hydrogen-bond acceptors (Lipinski definition) is 4. The van der Waals surface area contributed by atoms with Gasteiger partial charge in [-0.1, -0.05) is 48.0 Å². The molecule has 0 fully saturated rings. The molecule has 2 aromatic carbocycles. The Morgan fingerprint density at radius 1 is 1.00 bits per heavy atom. The van der Waals surface area contributed by atoms with Crippen molar-refractivity contribution in [1.82, 2.24) is 4.98 Å². The first kappa shape index (κ1) is 19.9. The molecule has 3 aromatic rings. The van der Waals surface area contributed by atoms with Gasteiger partial charge in [-0.2, -0.15) is 0 Å². The van der Waals surface area contributed by atoms with E-state index in [1.54, 1.807) is 32.3 Å². The van der Waals surface area contributed by atoms with E-state index in [4.69, 9.17) is 21.1 Å². The zero-order valence-electron chi connectivity index (χ0n) is 15.9. The maximum Gasteiger partial charge on any atom is 0.350 e. The molecule has 4 nitrogen and oxygen atoms in total. The van der Waals surface area contributed by atoms with Crippen LogP contribution < -0.4 is 4.74 Å². The molecule has 3 rings (SSSR count). The monoisotopic (exact) mass is 395 g/mol. The molecule has 0 radical (unpaired) electrons. The Balaban J connectivity index is 1.69. The number of carbonyl (C=O) groups is 1. The summed E-state index contributed by atoms with van der Waals surface area (Å²) in [4.78, 5) is 16.6. The molecule has 28 heavy (non-hydrogen) atoms. The van der Waals surface area contributed by atoms with Crippen LogP contribution in [0, 0.1) is 0 Å². The zero-order chi connectivity index (χ0) is 20.0. The van der Waals surface area contributed by atoms with Gasteiger partial charge < -0.3 is 9.47 Å². The van der Waals surface area contributed by atoms with E-state index in [9.17, 15) is 4.79 Å². The second-order valence-corrected chi connectivity index (χ2v) is 7.40. The van der Waals surface area contributed by atoms with E-state index >= 15 is 0 Å². The average molecular weight is 396 g/mol. The molecule has 0 amide bonds. The number of benzene rings is 2. The highest BCUT2D eigenvalue weighted by atomic mass is 35.5. The topological polar surface area (TPSA) is 48.4 Å². The van der Waals surface area contributed by atoms with Gasteiger partial charge in [-0.15, -0.1) is 0 Å². The highest BCUT2D eigenvalue weighted by molar-refractivity contribution is 6.30. The third kappa shape index (κ3) is 5.33. The van der Waals surface area contributed by atoms with Crippen molar-refractivity contribution in [2.75, 3.05) is 0 Å². The summed E-state index contributed by atoms with van der Waals surface area (Å²) >= 11 is 5.96. The number of para-hydroxylation sites is 1. The lowest BCUT2D eigenvalue weighted by atomic mass is 10.0. The van der Waals surface area contributed by atoms with E-state index in [0.29, 0.717) is 17.2 Å². The summed E-state index contributed by atoms with van der Waals surface area (Å²) in [6.45, 7) is 3.57. The molecule has 1 heterocycles. The standard InChI is InChI=1S/C23H22ClNO3/c1-23(2,22(26)27-16-18-6-5-13-25-15-18)28-21-8-4-3-7-19(21)14-17-9-11-20(24)12-10-17/h3-13,15H,14,16H2,1-2H3. The molecule has 0 bridgehead atoms. The van der Waals surface area contributed by atoms with E-state index in [0.717, 1.165) is 16.7 Å². The highest BCUT2D eigenvalue weighted by Crippen LogP contribution is 2.27. The van der Waals surface area contributed by atoms with Gasteiger partial charge in [0.25, 0.3) is 0 Å². The molecule has 0 spiro atoms.